The van der Waals surface area contributed by atoms with Gasteiger partial charge in [-0.3, -0.25) is 9.69 Å². The van der Waals surface area contributed by atoms with Crippen molar-refractivity contribution < 1.29 is 27.8 Å². The Balaban J connectivity index is 1.29. The minimum absolute atomic E-state index is 0.00207. The molecule has 4 fully saturated rings. The number of carbonyl (C=O) groups is 1. The second kappa shape index (κ2) is 10.6. The summed E-state index contributed by atoms with van der Waals surface area (Å²) in [6.45, 7) is 4.63. The van der Waals surface area contributed by atoms with Crippen molar-refractivity contribution in [2.24, 2.45) is 5.41 Å². The van der Waals surface area contributed by atoms with Gasteiger partial charge in [-0.15, -0.1) is 0 Å². The number of hydrogen-bond acceptors (Lipinski definition) is 9. The topological polar surface area (TPSA) is 121 Å². The van der Waals surface area contributed by atoms with Crippen molar-refractivity contribution in [1.82, 2.24) is 20.2 Å². The smallest absolute Gasteiger partial charge is 0.349 e. The molecule has 6 heterocycles. The van der Waals surface area contributed by atoms with E-state index in [0.29, 0.717) is 55.8 Å². The van der Waals surface area contributed by atoms with Crippen molar-refractivity contribution in [3.05, 3.63) is 52.1 Å². The summed E-state index contributed by atoms with van der Waals surface area (Å²) in [5.41, 5.74) is -0.834. The van der Waals surface area contributed by atoms with Crippen LogP contribution < -0.4 is 20.6 Å². The first-order chi connectivity index (χ1) is 22.2. The van der Waals surface area contributed by atoms with Crippen LogP contribution in [0.5, 0.6) is 11.8 Å². The molecule has 1 amide bonds. The predicted molar refractivity (Wildman–Crippen MR) is 167 cm³/mol. The molecule has 1 spiro atoms. The fourth-order valence-corrected chi connectivity index (χ4v) is 8.38. The van der Waals surface area contributed by atoms with Crippen molar-refractivity contribution in [3.63, 3.8) is 0 Å². The molecule has 3 atom stereocenters. The van der Waals surface area contributed by atoms with Crippen LogP contribution in [0.4, 0.5) is 14.6 Å². The number of benzene rings is 2. The van der Waals surface area contributed by atoms with Crippen LogP contribution >= 0.6 is 0 Å². The molecule has 0 bridgehead atoms. The van der Waals surface area contributed by atoms with E-state index in [9.17, 15) is 19.1 Å². The van der Waals surface area contributed by atoms with Gasteiger partial charge in [0.15, 0.2) is 5.82 Å². The minimum Gasteiger partial charge on any atom is -0.508 e. The lowest BCUT2D eigenvalue weighted by atomic mass is 9.78. The lowest BCUT2D eigenvalue weighted by Crippen LogP contribution is -2.48. The van der Waals surface area contributed by atoms with Crippen LogP contribution in [0.25, 0.3) is 33.0 Å². The summed E-state index contributed by atoms with van der Waals surface area (Å²) in [6.07, 6.45) is 3.35. The number of aromatic hydroxyl groups is 1. The number of phenols is 1. The Morgan fingerprint density at radius 3 is 2.80 bits per heavy atom. The summed E-state index contributed by atoms with van der Waals surface area (Å²) in [5, 5.41) is 14.3. The second-order valence-corrected chi connectivity index (χ2v) is 13.4. The van der Waals surface area contributed by atoms with E-state index in [-0.39, 0.29) is 51.9 Å². The quantitative estimate of drug-likeness (QED) is 0.325. The molecule has 1 unspecified atom stereocenters. The molecule has 4 saturated heterocycles. The Labute approximate surface area is 263 Å². The first-order valence-corrected chi connectivity index (χ1v) is 16.0. The molecule has 4 aromatic rings. The average molecular weight is 632 g/mol. The van der Waals surface area contributed by atoms with Crippen molar-refractivity contribution in [2.75, 3.05) is 44.2 Å². The molecular formula is C34H35F2N5O5. The third-order valence-corrected chi connectivity index (χ3v) is 10.6. The van der Waals surface area contributed by atoms with Gasteiger partial charge in [0.2, 0.25) is 5.91 Å². The van der Waals surface area contributed by atoms with E-state index >= 15 is 4.39 Å². The zero-order valence-electron chi connectivity index (χ0n) is 25.6. The number of halogens is 2. The van der Waals surface area contributed by atoms with Gasteiger partial charge in [-0.25, -0.2) is 13.6 Å². The lowest BCUT2D eigenvalue weighted by molar-refractivity contribution is -0.128. The average Bonchev–Trinajstić information content (AvgIpc) is 3.68. The van der Waals surface area contributed by atoms with E-state index in [4.69, 9.17) is 19.1 Å². The number of hydrogen-bond donors (Lipinski definition) is 2. The van der Waals surface area contributed by atoms with Crippen molar-refractivity contribution in [1.29, 1.82) is 0 Å². The van der Waals surface area contributed by atoms with Crippen LogP contribution in [0.15, 0.2) is 39.5 Å². The summed E-state index contributed by atoms with van der Waals surface area (Å²) in [7, 11) is 0. The van der Waals surface area contributed by atoms with Crippen molar-refractivity contribution >= 4 is 33.4 Å². The van der Waals surface area contributed by atoms with Gasteiger partial charge in [0, 0.05) is 49.1 Å². The Bertz CT molecular complexity index is 1970. The largest absolute Gasteiger partial charge is 0.508 e. The number of carbonyl (C=O) groups excluding carboxylic acids is 1. The van der Waals surface area contributed by atoms with Crippen LogP contribution in [-0.4, -0.2) is 76.9 Å². The summed E-state index contributed by atoms with van der Waals surface area (Å²) in [4.78, 5) is 40.5. The molecule has 0 aliphatic carbocycles. The molecule has 0 radical (unpaired) electrons. The molecule has 0 saturated carbocycles. The number of piperidine rings is 1. The monoisotopic (exact) mass is 631 g/mol. The molecule has 8 rings (SSSR count). The predicted octanol–water partition coefficient (Wildman–Crippen LogP) is 4.62. The molecule has 10 nitrogen and oxygen atoms in total. The number of nitrogens with zero attached hydrogens (tertiary/aromatic N) is 4. The maximum atomic E-state index is 15.2. The van der Waals surface area contributed by atoms with E-state index in [1.54, 1.807) is 19.1 Å². The van der Waals surface area contributed by atoms with Crippen molar-refractivity contribution in [2.45, 2.75) is 57.2 Å². The molecule has 240 valence electrons. The molecule has 46 heavy (non-hydrogen) atoms. The van der Waals surface area contributed by atoms with Gasteiger partial charge in [-0.1, -0.05) is 12.1 Å². The number of aromatic nitrogens is 2. The fraction of sp³-hybridized carbons (Fsp3) is 0.471. The highest BCUT2D eigenvalue weighted by Gasteiger charge is 2.50. The summed E-state index contributed by atoms with van der Waals surface area (Å²) >= 11 is 0. The number of alkyl halides is 1. The van der Waals surface area contributed by atoms with Gasteiger partial charge >= 0.3 is 11.6 Å². The molecule has 4 aliphatic rings. The molecular weight excluding hydrogens is 596 g/mol. The highest BCUT2D eigenvalue weighted by molar-refractivity contribution is 6.01. The van der Waals surface area contributed by atoms with Crippen LogP contribution in [0.3, 0.4) is 0 Å². The Morgan fingerprint density at radius 1 is 1.13 bits per heavy atom. The maximum Gasteiger partial charge on any atom is 0.349 e. The SMILES string of the molecule is Cc1c(-c2cc(O)cc3cccc(F)c23)oc(=O)c2c(N3CCCC4(CCNC4=O)C3)nc(OC[C@@]34CCCN3C[C@H](F)C4)nc12. The Morgan fingerprint density at radius 2 is 1.98 bits per heavy atom. The zero-order chi connectivity index (χ0) is 31.8. The number of rotatable bonds is 5. The van der Waals surface area contributed by atoms with Crippen molar-refractivity contribution in [3.8, 4) is 23.1 Å². The highest BCUT2D eigenvalue weighted by atomic mass is 19.1. The molecule has 2 aromatic heterocycles. The molecule has 12 heteroatoms. The van der Waals surface area contributed by atoms with Crippen LogP contribution in [0.2, 0.25) is 0 Å². The number of phenolic OH excluding ortho intramolecular Hbond substituents is 1. The minimum atomic E-state index is -0.925. The maximum absolute atomic E-state index is 15.2. The zero-order valence-corrected chi connectivity index (χ0v) is 25.6. The fourth-order valence-electron chi connectivity index (χ4n) is 8.38. The number of aryl methyl sites for hydroxylation is 1. The lowest BCUT2D eigenvalue weighted by Gasteiger charge is -2.39. The van der Waals surface area contributed by atoms with E-state index in [1.165, 1.54) is 18.2 Å². The van der Waals surface area contributed by atoms with Gasteiger partial charge in [0.05, 0.1) is 16.5 Å². The number of ether oxygens (including phenoxy) is 1. The Kier molecular flexibility index (Phi) is 6.72. The molecule has 2 N–H and O–H groups in total. The summed E-state index contributed by atoms with van der Waals surface area (Å²) in [6, 6.07) is 7.38. The van der Waals surface area contributed by atoms with Gasteiger partial charge in [0.1, 0.15) is 35.5 Å². The number of amides is 1. The second-order valence-electron chi connectivity index (χ2n) is 13.4. The Hall–Kier alpha value is -4.32. The standard InChI is InChI=1S/C34H35F2N5O5/c1-19-27-26(30(43)46-28(19)23-14-22(42)13-20-5-2-6-24(36)25(20)23)29(40-11-3-7-33(17-40)9-10-37-31(33)44)39-32(38-27)45-18-34-8-4-12-41(34)16-21(35)15-34/h2,5-6,13-14,21,42H,3-4,7-12,15-18H2,1H3,(H,37,44)/t21-,33?,34+/m1/s1. The number of fused-ring (bicyclic) bond motifs is 3. The third-order valence-electron chi connectivity index (χ3n) is 10.6. The van der Waals surface area contributed by atoms with Gasteiger partial charge in [-0.2, -0.15) is 9.97 Å². The normalized spacial score (nSPS) is 26.4. The number of nitrogens with one attached hydrogen (secondary N) is 1. The summed E-state index contributed by atoms with van der Waals surface area (Å²) in [5.74, 6) is -0.263. The number of anilines is 1. The third kappa shape index (κ3) is 4.51. The van der Waals surface area contributed by atoms with Gasteiger partial charge in [0.25, 0.3) is 0 Å². The van der Waals surface area contributed by atoms with Crippen LogP contribution in [0.1, 0.15) is 44.1 Å². The van der Waals surface area contributed by atoms with Gasteiger partial charge in [-0.05, 0) is 69.2 Å². The summed E-state index contributed by atoms with van der Waals surface area (Å²) < 4.78 is 42.0. The van der Waals surface area contributed by atoms with E-state index in [0.717, 1.165) is 32.2 Å². The first kappa shape index (κ1) is 29.1. The van der Waals surface area contributed by atoms with Crippen LogP contribution in [0, 0.1) is 18.2 Å². The van der Waals surface area contributed by atoms with E-state index in [2.05, 4.69) is 10.2 Å². The van der Waals surface area contributed by atoms with Gasteiger partial charge < -0.3 is 24.5 Å². The van der Waals surface area contributed by atoms with Crippen LogP contribution in [-0.2, 0) is 4.79 Å². The first-order valence-electron chi connectivity index (χ1n) is 16.0. The highest BCUT2D eigenvalue weighted by Crippen LogP contribution is 2.43. The molecule has 2 aromatic carbocycles. The molecule has 4 aliphatic heterocycles. The van der Waals surface area contributed by atoms with E-state index in [1.807, 2.05) is 4.90 Å². The van der Waals surface area contributed by atoms with E-state index < -0.39 is 28.6 Å².